The Labute approximate surface area is 121 Å². The first-order chi connectivity index (χ1) is 9.29. The number of benzene rings is 1. The minimum absolute atomic E-state index is 0.617. The quantitative estimate of drug-likeness (QED) is 0.890. The number of halogens is 1. The Morgan fingerprint density at radius 3 is 2.74 bits per heavy atom. The van der Waals surface area contributed by atoms with E-state index < -0.39 is 0 Å². The van der Waals surface area contributed by atoms with Crippen molar-refractivity contribution in [2.75, 3.05) is 13.2 Å². The monoisotopic (exact) mass is 320 g/mol. The lowest BCUT2D eigenvalue weighted by Gasteiger charge is -2.09. The van der Waals surface area contributed by atoms with Crippen LogP contribution in [0.3, 0.4) is 0 Å². The molecule has 0 unspecified atom stereocenters. The van der Waals surface area contributed by atoms with E-state index in [0.717, 1.165) is 28.8 Å². The van der Waals surface area contributed by atoms with Gasteiger partial charge in [-0.25, -0.2) is 0 Å². The third kappa shape index (κ3) is 4.33. The fourth-order valence-corrected chi connectivity index (χ4v) is 2.34. The molecule has 0 saturated carbocycles. The Balaban J connectivity index is 1.89. The minimum Gasteiger partial charge on any atom is -0.492 e. The van der Waals surface area contributed by atoms with Crippen LogP contribution in [0.25, 0.3) is 0 Å². The van der Waals surface area contributed by atoms with Gasteiger partial charge in [-0.3, -0.25) is 4.98 Å². The van der Waals surface area contributed by atoms with E-state index in [2.05, 4.69) is 27.0 Å². The van der Waals surface area contributed by atoms with Crippen molar-refractivity contribution in [3.05, 3.63) is 58.3 Å². The van der Waals surface area contributed by atoms with Gasteiger partial charge in [-0.1, -0.05) is 12.1 Å². The third-order valence-electron chi connectivity index (χ3n) is 2.77. The second-order valence-electron chi connectivity index (χ2n) is 4.22. The molecule has 3 nitrogen and oxygen atoms in total. The molecule has 2 N–H and O–H groups in total. The molecule has 0 aliphatic rings. The molecule has 0 fully saturated rings. The van der Waals surface area contributed by atoms with Gasteiger partial charge in [0.2, 0.25) is 0 Å². The van der Waals surface area contributed by atoms with E-state index in [-0.39, 0.29) is 0 Å². The zero-order chi connectivity index (χ0) is 13.5. The van der Waals surface area contributed by atoms with E-state index in [1.165, 1.54) is 5.56 Å². The number of aromatic nitrogens is 1. The Morgan fingerprint density at radius 2 is 2.05 bits per heavy atom. The predicted octanol–water partition coefficient (Wildman–Crippen LogP) is 2.97. The topological polar surface area (TPSA) is 48.1 Å². The van der Waals surface area contributed by atoms with Crippen LogP contribution < -0.4 is 10.5 Å². The van der Waals surface area contributed by atoms with Crippen molar-refractivity contribution in [1.29, 1.82) is 0 Å². The molecule has 0 radical (unpaired) electrons. The average molecular weight is 321 g/mol. The Hall–Kier alpha value is -1.39. The van der Waals surface area contributed by atoms with Crippen LogP contribution in [-0.4, -0.2) is 18.1 Å². The molecule has 0 bridgehead atoms. The number of hydrogen-bond acceptors (Lipinski definition) is 3. The Kier molecular flexibility index (Phi) is 5.36. The fraction of sp³-hybridized carbons (Fsp3) is 0.267. The van der Waals surface area contributed by atoms with Crippen LogP contribution in [0.4, 0.5) is 0 Å². The van der Waals surface area contributed by atoms with Crippen LogP contribution in [0, 0.1) is 0 Å². The smallest absolute Gasteiger partial charge is 0.133 e. The van der Waals surface area contributed by atoms with Crippen LogP contribution in [-0.2, 0) is 12.8 Å². The van der Waals surface area contributed by atoms with Crippen molar-refractivity contribution in [2.45, 2.75) is 12.8 Å². The number of pyridine rings is 1. The van der Waals surface area contributed by atoms with Crippen molar-refractivity contribution >= 4 is 15.9 Å². The maximum Gasteiger partial charge on any atom is 0.133 e. The van der Waals surface area contributed by atoms with E-state index in [1.807, 2.05) is 30.3 Å². The number of hydrogen-bond donors (Lipinski definition) is 1. The molecular formula is C15H17BrN2O. The molecule has 1 heterocycles. The van der Waals surface area contributed by atoms with E-state index in [1.54, 1.807) is 6.20 Å². The third-order valence-corrected chi connectivity index (χ3v) is 3.39. The van der Waals surface area contributed by atoms with Gasteiger partial charge < -0.3 is 10.5 Å². The van der Waals surface area contributed by atoms with Crippen LogP contribution >= 0.6 is 15.9 Å². The molecule has 0 aliphatic heterocycles. The van der Waals surface area contributed by atoms with Crippen molar-refractivity contribution in [2.24, 2.45) is 5.73 Å². The summed E-state index contributed by atoms with van der Waals surface area (Å²) >= 11 is 3.52. The van der Waals surface area contributed by atoms with Crippen molar-refractivity contribution in [3.63, 3.8) is 0 Å². The lowest BCUT2D eigenvalue weighted by Crippen LogP contribution is -2.04. The normalized spacial score (nSPS) is 10.4. The summed E-state index contributed by atoms with van der Waals surface area (Å²) in [5.74, 6) is 0.858. The minimum atomic E-state index is 0.617. The summed E-state index contributed by atoms with van der Waals surface area (Å²) in [5.41, 5.74) is 7.79. The van der Waals surface area contributed by atoms with Gasteiger partial charge in [0.05, 0.1) is 11.1 Å². The van der Waals surface area contributed by atoms with Gasteiger partial charge in [0, 0.05) is 18.3 Å². The second-order valence-corrected chi connectivity index (χ2v) is 5.08. The van der Waals surface area contributed by atoms with Crippen LogP contribution in [0.15, 0.2) is 47.1 Å². The maximum atomic E-state index is 5.76. The molecule has 0 spiro atoms. The van der Waals surface area contributed by atoms with Gasteiger partial charge in [-0.2, -0.15) is 0 Å². The largest absolute Gasteiger partial charge is 0.492 e. The number of nitrogens with zero attached hydrogens (tertiary/aromatic N) is 1. The molecule has 2 aromatic rings. The van der Waals surface area contributed by atoms with Gasteiger partial charge in [-0.05, 0) is 58.7 Å². The molecule has 0 aliphatic carbocycles. The predicted molar refractivity (Wildman–Crippen MR) is 80.3 cm³/mol. The van der Waals surface area contributed by atoms with Crippen LogP contribution in [0.5, 0.6) is 5.75 Å². The summed E-state index contributed by atoms with van der Waals surface area (Å²) in [6.07, 6.45) is 3.48. The highest BCUT2D eigenvalue weighted by Gasteiger charge is 2.03. The van der Waals surface area contributed by atoms with E-state index >= 15 is 0 Å². The lowest BCUT2D eigenvalue weighted by molar-refractivity contribution is 0.318. The Bertz CT molecular complexity index is 517. The van der Waals surface area contributed by atoms with Gasteiger partial charge >= 0.3 is 0 Å². The fourth-order valence-electron chi connectivity index (χ4n) is 1.80. The van der Waals surface area contributed by atoms with Gasteiger partial charge in [0.1, 0.15) is 5.75 Å². The summed E-state index contributed by atoms with van der Waals surface area (Å²) in [7, 11) is 0. The summed E-state index contributed by atoms with van der Waals surface area (Å²) in [4.78, 5) is 4.27. The SMILES string of the molecule is NCCc1ccc(OCCc2ccccn2)c(Br)c1. The average Bonchev–Trinajstić information content (AvgIpc) is 2.43. The second kappa shape index (κ2) is 7.26. The van der Waals surface area contributed by atoms with E-state index in [9.17, 15) is 0 Å². The zero-order valence-electron chi connectivity index (χ0n) is 10.7. The molecule has 0 atom stereocenters. The van der Waals surface area contributed by atoms with Gasteiger partial charge in [0.25, 0.3) is 0 Å². The van der Waals surface area contributed by atoms with Gasteiger partial charge in [0.15, 0.2) is 0 Å². The molecule has 19 heavy (non-hydrogen) atoms. The first kappa shape index (κ1) is 14.0. The van der Waals surface area contributed by atoms with E-state index in [0.29, 0.717) is 13.2 Å². The highest BCUT2D eigenvalue weighted by molar-refractivity contribution is 9.10. The Morgan fingerprint density at radius 1 is 1.16 bits per heavy atom. The summed E-state index contributed by atoms with van der Waals surface area (Å²) in [6, 6.07) is 12.0. The molecule has 1 aromatic carbocycles. The van der Waals surface area contributed by atoms with Crippen molar-refractivity contribution in [3.8, 4) is 5.75 Å². The maximum absolute atomic E-state index is 5.76. The highest BCUT2D eigenvalue weighted by Crippen LogP contribution is 2.26. The van der Waals surface area contributed by atoms with E-state index in [4.69, 9.17) is 10.5 Å². The molecule has 1 aromatic heterocycles. The molecule has 0 amide bonds. The summed E-state index contributed by atoms with van der Waals surface area (Å²) in [6.45, 7) is 1.28. The summed E-state index contributed by atoms with van der Waals surface area (Å²) in [5, 5.41) is 0. The summed E-state index contributed by atoms with van der Waals surface area (Å²) < 4.78 is 6.73. The number of ether oxygens (including phenoxy) is 1. The van der Waals surface area contributed by atoms with Crippen LogP contribution in [0.2, 0.25) is 0 Å². The number of nitrogens with two attached hydrogens (primary N) is 1. The zero-order valence-corrected chi connectivity index (χ0v) is 12.3. The van der Waals surface area contributed by atoms with Crippen molar-refractivity contribution in [1.82, 2.24) is 4.98 Å². The highest BCUT2D eigenvalue weighted by atomic mass is 79.9. The molecule has 2 rings (SSSR count). The van der Waals surface area contributed by atoms with Gasteiger partial charge in [-0.15, -0.1) is 0 Å². The van der Waals surface area contributed by atoms with Crippen molar-refractivity contribution < 1.29 is 4.74 Å². The first-order valence-electron chi connectivity index (χ1n) is 6.31. The van der Waals surface area contributed by atoms with Crippen LogP contribution in [0.1, 0.15) is 11.3 Å². The standard InChI is InChI=1S/C15H17BrN2O/c16-14-11-12(6-8-17)4-5-15(14)19-10-7-13-3-1-2-9-18-13/h1-5,9,11H,6-8,10,17H2. The molecule has 4 heteroatoms. The molecule has 100 valence electrons. The lowest BCUT2D eigenvalue weighted by atomic mass is 10.1. The first-order valence-corrected chi connectivity index (χ1v) is 7.10. The number of rotatable bonds is 6. The molecule has 0 saturated heterocycles. The molecular weight excluding hydrogens is 304 g/mol.